The third-order valence-electron chi connectivity index (χ3n) is 3.36. The predicted molar refractivity (Wildman–Crippen MR) is 83.5 cm³/mol. The van der Waals surface area contributed by atoms with Gasteiger partial charge in [-0.1, -0.05) is 41.9 Å². The van der Waals surface area contributed by atoms with E-state index < -0.39 is 0 Å². The van der Waals surface area contributed by atoms with Crippen molar-refractivity contribution in [1.82, 2.24) is 14.5 Å². The fraction of sp³-hybridized carbons (Fsp3) is 0.250. The van der Waals surface area contributed by atoms with E-state index >= 15 is 0 Å². The molecule has 0 saturated carbocycles. The molecule has 21 heavy (non-hydrogen) atoms. The second-order valence-electron chi connectivity index (χ2n) is 4.76. The molecular formula is C16H16ClN3O. The van der Waals surface area contributed by atoms with Gasteiger partial charge in [0.05, 0.1) is 18.7 Å². The zero-order chi connectivity index (χ0) is 14.5. The molecule has 0 amide bonds. The Balaban J connectivity index is 1.51. The summed E-state index contributed by atoms with van der Waals surface area (Å²) < 4.78 is 7.72. The lowest BCUT2D eigenvalue weighted by Crippen LogP contribution is -2.07. The first-order valence-corrected chi connectivity index (χ1v) is 7.29. The maximum Gasteiger partial charge on any atom is 0.156 e. The largest absolute Gasteiger partial charge is 0.379 e. The SMILES string of the molecule is Clc1ncnc2ccn(CCOCCc3ccccc3)c12. The van der Waals surface area contributed by atoms with E-state index in [2.05, 4.69) is 22.1 Å². The lowest BCUT2D eigenvalue weighted by molar-refractivity contribution is 0.130. The molecular weight excluding hydrogens is 286 g/mol. The van der Waals surface area contributed by atoms with Gasteiger partial charge in [0, 0.05) is 12.7 Å². The number of hydrogen-bond acceptors (Lipinski definition) is 3. The van der Waals surface area contributed by atoms with Gasteiger partial charge in [-0.15, -0.1) is 0 Å². The van der Waals surface area contributed by atoms with Crippen LogP contribution in [0.15, 0.2) is 48.9 Å². The summed E-state index contributed by atoms with van der Waals surface area (Å²) in [6.07, 6.45) is 4.37. The van der Waals surface area contributed by atoms with E-state index in [1.807, 2.05) is 35.0 Å². The number of nitrogens with zero attached hydrogens (tertiary/aromatic N) is 3. The molecule has 2 heterocycles. The molecule has 0 bridgehead atoms. The van der Waals surface area contributed by atoms with Gasteiger partial charge in [0.25, 0.3) is 0 Å². The number of halogens is 1. The second-order valence-corrected chi connectivity index (χ2v) is 5.11. The van der Waals surface area contributed by atoms with Crippen molar-refractivity contribution in [3.05, 3.63) is 59.6 Å². The van der Waals surface area contributed by atoms with Gasteiger partial charge in [-0.05, 0) is 18.1 Å². The number of fused-ring (bicyclic) bond motifs is 1. The molecule has 4 nitrogen and oxygen atoms in total. The average Bonchev–Trinajstić information content (AvgIpc) is 2.93. The smallest absolute Gasteiger partial charge is 0.156 e. The van der Waals surface area contributed by atoms with Crippen molar-refractivity contribution in [2.75, 3.05) is 13.2 Å². The van der Waals surface area contributed by atoms with E-state index in [1.54, 1.807) is 0 Å². The Morgan fingerprint density at radius 3 is 2.76 bits per heavy atom. The number of aromatic nitrogens is 3. The lowest BCUT2D eigenvalue weighted by Gasteiger charge is -2.07. The first kappa shape index (κ1) is 14.0. The molecule has 0 spiro atoms. The Kier molecular flexibility index (Phi) is 4.48. The molecule has 0 N–H and O–H groups in total. The van der Waals surface area contributed by atoms with Gasteiger partial charge >= 0.3 is 0 Å². The van der Waals surface area contributed by atoms with Gasteiger partial charge in [0.1, 0.15) is 11.8 Å². The lowest BCUT2D eigenvalue weighted by atomic mass is 10.2. The van der Waals surface area contributed by atoms with E-state index in [4.69, 9.17) is 16.3 Å². The third kappa shape index (κ3) is 3.40. The van der Waals surface area contributed by atoms with Crippen LogP contribution < -0.4 is 0 Å². The Morgan fingerprint density at radius 2 is 1.90 bits per heavy atom. The fourth-order valence-corrected chi connectivity index (χ4v) is 2.53. The van der Waals surface area contributed by atoms with Crippen LogP contribution in [-0.4, -0.2) is 27.7 Å². The molecule has 2 aromatic heterocycles. The van der Waals surface area contributed by atoms with Crippen LogP contribution in [0.1, 0.15) is 5.56 Å². The average molecular weight is 302 g/mol. The van der Waals surface area contributed by atoms with E-state index in [1.165, 1.54) is 11.9 Å². The summed E-state index contributed by atoms with van der Waals surface area (Å²) in [6.45, 7) is 2.10. The third-order valence-corrected chi connectivity index (χ3v) is 3.64. The van der Waals surface area contributed by atoms with Gasteiger partial charge in [0.15, 0.2) is 5.15 Å². The highest BCUT2D eigenvalue weighted by molar-refractivity contribution is 6.33. The topological polar surface area (TPSA) is 39.9 Å². The van der Waals surface area contributed by atoms with Crippen molar-refractivity contribution < 1.29 is 4.74 Å². The van der Waals surface area contributed by atoms with E-state index in [0.717, 1.165) is 24.0 Å². The molecule has 0 aliphatic heterocycles. The zero-order valence-electron chi connectivity index (χ0n) is 11.6. The number of ether oxygens (including phenoxy) is 1. The van der Waals surface area contributed by atoms with Gasteiger partial charge in [-0.2, -0.15) is 0 Å². The van der Waals surface area contributed by atoms with Crippen LogP contribution in [0.25, 0.3) is 11.0 Å². The summed E-state index contributed by atoms with van der Waals surface area (Å²) in [6, 6.07) is 12.3. The number of benzene rings is 1. The molecule has 0 saturated heterocycles. The summed E-state index contributed by atoms with van der Waals surface area (Å²) in [5.74, 6) is 0. The molecule has 0 unspecified atom stereocenters. The molecule has 0 fully saturated rings. The zero-order valence-corrected chi connectivity index (χ0v) is 12.3. The van der Waals surface area contributed by atoms with E-state index in [0.29, 0.717) is 18.4 Å². The van der Waals surface area contributed by atoms with Crippen LogP contribution >= 0.6 is 11.6 Å². The Labute approximate surface area is 128 Å². The van der Waals surface area contributed by atoms with Crippen LogP contribution in [0, 0.1) is 0 Å². The van der Waals surface area contributed by atoms with Crippen LogP contribution in [0.2, 0.25) is 5.15 Å². The Morgan fingerprint density at radius 1 is 1.05 bits per heavy atom. The quantitative estimate of drug-likeness (QED) is 0.518. The Bertz CT molecular complexity index is 712. The summed E-state index contributed by atoms with van der Waals surface area (Å²) in [7, 11) is 0. The molecule has 0 atom stereocenters. The number of hydrogen-bond donors (Lipinski definition) is 0. The maximum absolute atomic E-state index is 6.11. The van der Waals surface area contributed by atoms with Crippen molar-refractivity contribution in [2.24, 2.45) is 0 Å². The Hall–Kier alpha value is -1.91. The molecule has 0 aliphatic carbocycles. The molecule has 0 radical (unpaired) electrons. The van der Waals surface area contributed by atoms with Gasteiger partial charge in [0.2, 0.25) is 0 Å². The standard InChI is InChI=1S/C16H16ClN3O/c17-16-15-14(18-12-19-16)6-8-20(15)9-11-21-10-7-13-4-2-1-3-5-13/h1-6,8,12H,7,9-11H2. The predicted octanol–water partition coefficient (Wildman–Crippen LogP) is 3.34. The van der Waals surface area contributed by atoms with Crippen molar-refractivity contribution in [3.63, 3.8) is 0 Å². The summed E-state index contributed by atoms with van der Waals surface area (Å²) >= 11 is 6.11. The maximum atomic E-state index is 6.11. The fourth-order valence-electron chi connectivity index (χ4n) is 2.28. The molecule has 1 aromatic carbocycles. The minimum absolute atomic E-state index is 0.481. The van der Waals surface area contributed by atoms with Crippen LogP contribution in [0.5, 0.6) is 0 Å². The molecule has 5 heteroatoms. The molecule has 0 aliphatic rings. The minimum atomic E-state index is 0.481. The molecule has 108 valence electrons. The highest BCUT2D eigenvalue weighted by Gasteiger charge is 2.06. The highest BCUT2D eigenvalue weighted by Crippen LogP contribution is 2.19. The van der Waals surface area contributed by atoms with Gasteiger partial charge in [-0.25, -0.2) is 9.97 Å². The van der Waals surface area contributed by atoms with Crippen molar-refractivity contribution in [1.29, 1.82) is 0 Å². The monoisotopic (exact) mass is 301 g/mol. The van der Waals surface area contributed by atoms with E-state index in [9.17, 15) is 0 Å². The molecule has 3 rings (SSSR count). The summed E-state index contributed by atoms with van der Waals surface area (Å²) in [4.78, 5) is 8.21. The van der Waals surface area contributed by atoms with Crippen molar-refractivity contribution >= 4 is 22.6 Å². The minimum Gasteiger partial charge on any atom is -0.379 e. The van der Waals surface area contributed by atoms with Crippen LogP contribution in [-0.2, 0) is 17.7 Å². The highest BCUT2D eigenvalue weighted by atomic mass is 35.5. The normalized spacial score (nSPS) is 11.1. The van der Waals surface area contributed by atoms with Gasteiger partial charge in [-0.3, -0.25) is 0 Å². The van der Waals surface area contributed by atoms with Crippen molar-refractivity contribution in [3.8, 4) is 0 Å². The van der Waals surface area contributed by atoms with Gasteiger partial charge < -0.3 is 9.30 Å². The van der Waals surface area contributed by atoms with E-state index in [-0.39, 0.29) is 0 Å². The van der Waals surface area contributed by atoms with Crippen LogP contribution in [0.4, 0.5) is 0 Å². The first-order chi connectivity index (χ1) is 10.3. The summed E-state index contributed by atoms with van der Waals surface area (Å²) in [5, 5.41) is 0.481. The summed E-state index contributed by atoms with van der Waals surface area (Å²) in [5.41, 5.74) is 3.02. The van der Waals surface area contributed by atoms with Crippen molar-refractivity contribution in [2.45, 2.75) is 13.0 Å². The van der Waals surface area contributed by atoms with Crippen LogP contribution in [0.3, 0.4) is 0 Å². The first-order valence-electron chi connectivity index (χ1n) is 6.91. The second kappa shape index (κ2) is 6.70. The number of rotatable bonds is 6. The molecule has 3 aromatic rings.